The van der Waals surface area contributed by atoms with Crippen molar-refractivity contribution in [3.63, 3.8) is 0 Å². The van der Waals surface area contributed by atoms with Gasteiger partial charge in [0, 0.05) is 38.8 Å². The second-order valence-corrected chi connectivity index (χ2v) is 10.3. The summed E-state index contributed by atoms with van der Waals surface area (Å²) >= 11 is 0. The number of hydrogen-bond donors (Lipinski definition) is 1. The predicted octanol–water partition coefficient (Wildman–Crippen LogP) is 1.30. The number of imide groups is 1. The minimum absolute atomic E-state index is 0.0213. The summed E-state index contributed by atoms with van der Waals surface area (Å²) in [6, 6.07) is 13.1. The van der Waals surface area contributed by atoms with E-state index in [9.17, 15) is 22.8 Å². The lowest BCUT2D eigenvalue weighted by atomic mass is 10.2. The van der Waals surface area contributed by atoms with Crippen LogP contribution in [0.2, 0.25) is 0 Å². The number of carbonyl (C=O) groups is 3. The number of benzene rings is 2. The molecule has 1 N–H and O–H groups in total. The van der Waals surface area contributed by atoms with Crippen molar-refractivity contribution < 1.29 is 27.5 Å². The molecule has 0 aliphatic carbocycles. The van der Waals surface area contributed by atoms with Crippen molar-refractivity contribution in [2.75, 3.05) is 49.6 Å². The van der Waals surface area contributed by atoms with Crippen LogP contribution in [0, 0.1) is 0 Å². The summed E-state index contributed by atoms with van der Waals surface area (Å²) in [4.78, 5) is 40.6. The lowest BCUT2D eigenvalue weighted by molar-refractivity contribution is -0.122. The van der Waals surface area contributed by atoms with Crippen LogP contribution in [0.1, 0.15) is 13.3 Å². The molecule has 2 aromatic rings. The Balaban J connectivity index is 1.63. The average molecular weight is 501 g/mol. The van der Waals surface area contributed by atoms with Gasteiger partial charge in [-0.05, 0) is 36.4 Å². The van der Waals surface area contributed by atoms with Crippen molar-refractivity contribution in [3.05, 3.63) is 54.6 Å². The van der Waals surface area contributed by atoms with Gasteiger partial charge in [0.25, 0.3) is 5.91 Å². The molecule has 2 aromatic carbocycles. The maximum absolute atomic E-state index is 13.7. The number of hydrogen-bond acceptors (Lipinski definition) is 7. The molecule has 2 heterocycles. The molecule has 3 amide bonds. The SMILES string of the molecule is CC(=O)Nc1ccc(S(=O)(=O)N(CCN2CCOCC2)C2CC(=O)N(c3ccccc3)C2=O)cc1. The number of ether oxygens (including phenoxy) is 1. The first-order valence-corrected chi connectivity index (χ1v) is 12.8. The van der Waals surface area contributed by atoms with E-state index in [0.29, 0.717) is 44.2 Å². The van der Waals surface area contributed by atoms with Crippen LogP contribution in [0.3, 0.4) is 0 Å². The van der Waals surface area contributed by atoms with Gasteiger partial charge in [-0.15, -0.1) is 0 Å². The first-order valence-electron chi connectivity index (χ1n) is 11.4. The second kappa shape index (κ2) is 10.6. The van der Waals surface area contributed by atoms with Crippen LogP contribution in [-0.2, 0) is 29.1 Å². The lowest BCUT2D eigenvalue weighted by Gasteiger charge is -2.31. The van der Waals surface area contributed by atoms with Crippen molar-refractivity contribution in [3.8, 4) is 0 Å². The number of rotatable bonds is 8. The molecule has 0 saturated carbocycles. The van der Waals surface area contributed by atoms with E-state index in [1.165, 1.54) is 31.2 Å². The molecule has 2 aliphatic rings. The Kier molecular flexibility index (Phi) is 7.60. The van der Waals surface area contributed by atoms with Gasteiger partial charge in [-0.1, -0.05) is 18.2 Å². The van der Waals surface area contributed by atoms with E-state index in [1.54, 1.807) is 30.3 Å². The Labute approximate surface area is 204 Å². The fourth-order valence-electron chi connectivity index (χ4n) is 4.25. The van der Waals surface area contributed by atoms with E-state index in [1.807, 2.05) is 0 Å². The van der Waals surface area contributed by atoms with E-state index in [2.05, 4.69) is 10.2 Å². The van der Waals surface area contributed by atoms with Crippen molar-refractivity contribution in [1.82, 2.24) is 9.21 Å². The third kappa shape index (κ3) is 5.59. The molecule has 10 nitrogen and oxygen atoms in total. The standard InChI is InChI=1S/C24H28N4O6S/c1-18(29)25-19-7-9-21(10-8-19)35(32,33)27(12-11-26-13-15-34-16-14-26)22-17-23(30)28(24(22)31)20-5-3-2-4-6-20/h2-10,22H,11-17H2,1H3,(H,25,29). The number of carbonyl (C=O) groups excluding carboxylic acids is 3. The summed E-state index contributed by atoms with van der Waals surface area (Å²) < 4.78 is 34.0. The van der Waals surface area contributed by atoms with Crippen LogP contribution < -0.4 is 10.2 Å². The van der Waals surface area contributed by atoms with Crippen LogP contribution in [-0.4, -0.2) is 80.8 Å². The number of nitrogens with zero attached hydrogens (tertiary/aromatic N) is 3. The topological polar surface area (TPSA) is 116 Å². The molecule has 186 valence electrons. The summed E-state index contributed by atoms with van der Waals surface area (Å²) in [5.74, 6) is -1.29. The molecule has 1 atom stereocenters. The highest BCUT2D eigenvalue weighted by atomic mass is 32.2. The van der Waals surface area contributed by atoms with Gasteiger partial charge in [0.2, 0.25) is 21.8 Å². The van der Waals surface area contributed by atoms with E-state index in [0.717, 1.165) is 9.21 Å². The van der Waals surface area contributed by atoms with Crippen molar-refractivity contribution >= 4 is 39.1 Å². The minimum atomic E-state index is -4.13. The highest BCUT2D eigenvalue weighted by Crippen LogP contribution is 2.29. The summed E-state index contributed by atoms with van der Waals surface area (Å²) in [5.41, 5.74) is 0.869. The zero-order chi connectivity index (χ0) is 25.0. The average Bonchev–Trinajstić information content (AvgIpc) is 3.13. The molecule has 2 saturated heterocycles. The van der Waals surface area contributed by atoms with Crippen molar-refractivity contribution in [2.45, 2.75) is 24.3 Å². The molecule has 0 radical (unpaired) electrons. The molecule has 2 fully saturated rings. The number of amides is 3. The van der Waals surface area contributed by atoms with Gasteiger partial charge in [0.05, 0.1) is 30.2 Å². The Bertz CT molecular complexity index is 1180. The number of nitrogens with one attached hydrogen (secondary N) is 1. The molecule has 4 rings (SSSR count). The highest BCUT2D eigenvalue weighted by molar-refractivity contribution is 7.89. The molecular formula is C24H28N4O6S. The van der Waals surface area contributed by atoms with Crippen molar-refractivity contribution in [1.29, 1.82) is 0 Å². The van der Waals surface area contributed by atoms with Crippen LogP contribution in [0.25, 0.3) is 0 Å². The fraction of sp³-hybridized carbons (Fsp3) is 0.375. The zero-order valence-electron chi connectivity index (χ0n) is 19.4. The first-order chi connectivity index (χ1) is 16.8. The van der Waals surface area contributed by atoms with Gasteiger partial charge in [-0.3, -0.25) is 19.3 Å². The van der Waals surface area contributed by atoms with Gasteiger partial charge < -0.3 is 10.1 Å². The number of para-hydroxylation sites is 1. The Morgan fingerprint density at radius 3 is 2.34 bits per heavy atom. The van der Waals surface area contributed by atoms with Gasteiger partial charge in [-0.25, -0.2) is 13.3 Å². The summed E-state index contributed by atoms with van der Waals surface area (Å²) in [7, 11) is -4.13. The summed E-state index contributed by atoms with van der Waals surface area (Å²) in [5, 5.41) is 2.60. The van der Waals surface area contributed by atoms with E-state index < -0.39 is 27.9 Å². The summed E-state index contributed by atoms with van der Waals surface area (Å²) in [6.07, 6.45) is -0.236. The number of sulfonamides is 1. The smallest absolute Gasteiger partial charge is 0.252 e. The molecule has 2 aliphatic heterocycles. The monoisotopic (exact) mass is 500 g/mol. The van der Waals surface area contributed by atoms with Crippen LogP contribution in [0.5, 0.6) is 0 Å². The lowest BCUT2D eigenvalue weighted by Crippen LogP contribution is -2.49. The van der Waals surface area contributed by atoms with Crippen LogP contribution >= 0.6 is 0 Å². The third-order valence-electron chi connectivity index (χ3n) is 6.01. The van der Waals surface area contributed by atoms with E-state index in [-0.39, 0.29) is 23.8 Å². The van der Waals surface area contributed by atoms with Crippen LogP contribution in [0.15, 0.2) is 59.5 Å². The molecule has 11 heteroatoms. The predicted molar refractivity (Wildman–Crippen MR) is 129 cm³/mol. The number of anilines is 2. The molecule has 0 bridgehead atoms. The van der Waals surface area contributed by atoms with Crippen LogP contribution in [0.4, 0.5) is 11.4 Å². The second-order valence-electron chi connectivity index (χ2n) is 8.40. The van der Waals surface area contributed by atoms with E-state index in [4.69, 9.17) is 4.74 Å². The molecule has 35 heavy (non-hydrogen) atoms. The first kappa shape index (κ1) is 25.0. The van der Waals surface area contributed by atoms with Gasteiger partial charge in [0.1, 0.15) is 6.04 Å². The van der Waals surface area contributed by atoms with Gasteiger partial charge in [0.15, 0.2) is 0 Å². The molecule has 1 unspecified atom stereocenters. The Morgan fingerprint density at radius 2 is 1.71 bits per heavy atom. The molecule has 0 aromatic heterocycles. The van der Waals surface area contributed by atoms with Gasteiger partial charge >= 0.3 is 0 Å². The Hall–Kier alpha value is -3.12. The molecule has 0 spiro atoms. The molecular weight excluding hydrogens is 472 g/mol. The maximum Gasteiger partial charge on any atom is 0.252 e. The highest BCUT2D eigenvalue weighted by Gasteiger charge is 2.46. The summed E-state index contributed by atoms with van der Waals surface area (Å²) in [6.45, 7) is 4.23. The third-order valence-corrected chi connectivity index (χ3v) is 7.93. The van der Waals surface area contributed by atoms with Crippen molar-refractivity contribution in [2.24, 2.45) is 0 Å². The maximum atomic E-state index is 13.7. The Morgan fingerprint density at radius 1 is 1.06 bits per heavy atom. The normalized spacial score (nSPS) is 19.4. The quantitative estimate of drug-likeness (QED) is 0.543. The minimum Gasteiger partial charge on any atom is -0.379 e. The van der Waals surface area contributed by atoms with Gasteiger partial charge in [-0.2, -0.15) is 4.31 Å². The number of morpholine rings is 1. The zero-order valence-corrected chi connectivity index (χ0v) is 20.2. The van der Waals surface area contributed by atoms with E-state index >= 15 is 0 Å². The largest absolute Gasteiger partial charge is 0.379 e. The fourth-order valence-corrected chi connectivity index (χ4v) is 5.82.